The molecule has 1 atom stereocenters. The largest absolute Gasteiger partial charge is 0.324 e. The zero-order valence-corrected chi connectivity index (χ0v) is 17.4. The van der Waals surface area contributed by atoms with Crippen molar-refractivity contribution in [2.45, 2.75) is 13.0 Å². The topological polar surface area (TPSA) is 86.8 Å². The van der Waals surface area contributed by atoms with E-state index in [4.69, 9.17) is 0 Å². The van der Waals surface area contributed by atoms with Crippen LogP contribution in [0.3, 0.4) is 0 Å². The lowest BCUT2D eigenvalue weighted by atomic mass is 10.1. The van der Waals surface area contributed by atoms with Gasteiger partial charge in [0.2, 0.25) is 11.8 Å². The monoisotopic (exact) mass is 427 g/mol. The fourth-order valence-corrected chi connectivity index (χ4v) is 3.65. The fourth-order valence-electron chi connectivity index (χ4n) is 3.65. The average Bonchev–Trinajstić information content (AvgIpc) is 3.05. The Kier molecular flexibility index (Phi) is 5.81. The summed E-state index contributed by atoms with van der Waals surface area (Å²) < 4.78 is 0. The second kappa shape index (κ2) is 8.85. The van der Waals surface area contributed by atoms with Crippen LogP contribution < -0.4 is 10.2 Å². The first-order valence-electron chi connectivity index (χ1n) is 10.2. The van der Waals surface area contributed by atoms with Gasteiger partial charge in [-0.2, -0.15) is 0 Å². The maximum absolute atomic E-state index is 13.3. The van der Waals surface area contributed by atoms with Crippen LogP contribution in [0.1, 0.15) is 27.6 Å². The van der Waals surface area contributed by atoms with E-state index in [2.05, 4.69) is 5.32 Å². The molecule has 1 heterocycles. The molecule has 4 rings (SSSR count). The number of nitrogens with one attached hydrogen (secondary N) is 1. The third-order valence-corrected chi connectivity index (χ3v) is 5.28. The Morgan fingerprint density at radius 1 is 0.812 bits per heavy atom. The van der Waals surface area contributed by atoms with Crippen molar-refractivity contribution in [3.05, 3.63) is 96.1 Å². The number of carbonyl (C=O) groups is 4. The number of fused-ring (bicyclic) bond motifs is 1. The van der Waals surface area contributed by atoms with Gasteiger partial charge in [0, 0.05) is 11.4 Å². The highest BCUT2D eigenvalue weighted by Gasteiger charge is 2.38. The van der Waals surface area contributed by atoms with Crippen LogP contribution in [0.5, 0.6) is 0 Å². The van der Waals surface area contributed by atoms with Gasteiger partial charge in [-0.25, -0.2) is 0 Å². The van der Waals surface area contributed by atoms with Crippen molar-refractivity contribution in [2.75, 3.05) is 16.8 Å². The van der Waals surface area contributed by atoms with Crippen LogP contribution in [0.25, 0.3) is 0 Å². The van der Waals surface area contributed by atoms with Gasteiger partial charge in [-0.05, 0) is 43.3 Å². The molecule has 3 aromatic carbocycles. The van der Waals surface area contributed by atoms with Crippen molar-refractivity contribution in [1.29, 1.82) is 0 Å². The summed E-state index contributed by atoms with van der Waals surface area (Å²) >= 11 is 0. The molecule has 1 unspecified atom stereocenters. The van der Waals surface area contributed by atoms with Crippen LogP contribution in [0.2, 0.25) is 0 Å². The molecule has 0 aliphatic carbocycles. The van der Waals surface area contributed by atoms with Crippen molar-refractivity contribution in [2.24, 2.45) is 0 Å². The van der Waals surface area contributed by atoms with E-state index in [-0.39, 0.29) is 11.1 Å². The van der Waals surface area contributed by atoms with Gasteiger partial charge in [0.15, 0.2) is 0 Å². The Hall–Kier alpha value is -4.26. The molecule has 0 aromatic heterocycles. The molecule has 7 nitrogen and oxygen atoms in total. The summed E-state index contributed by atoms with van der Waals surface area (Å²) in [6, 6.07) is 23.2. The Morgan fingerprint density at radius 3 is 1.88 bits per heavy atom. The molecular weight excluding hydrogens is 406 g/mol. The molecule has 4 amide bonds. The number of carbonyl (C=O) groups excluding carboxylic acids is 4. The van der Waals surface area contributed by atoms with E-state index in [1.165, 1.54) is 4.90 Å². The van der Waals surface area contributed by atoms with E-state index in [9.17, 15) is 19.2 Å². The molecule has 0 spiro atoms. The van der Waals surface area contributed by atoms with Gasteiger partial charge in [0.25, 0.3) is 11.8 Å². The molecule has 0 saturated heterocycles. The summed E-state index contributed by atoms with van der Waals surface area (Å²) in [5.74, 6) is -1.97. The lowest BCUT2D eigenvalue weighted by molar-refractivity contribution is -0.123. The van der Waals surface area contributed by atoms with Gasteiger partial charge >= 0.3 is 0 Å². The predicted molar refractivity (Wildman–Crippen MR) is 120 cm³/mol. The molecule has 0 saturated carbocycles. The summed E-state index contributed by atoms with van der Waals surface area (Å²) in [6.45, 7) is 1.13. The summed E-state index contributed by atoms with van der Waals surface area (Å²) in [5.41, 5.74) is 1.63. The number of benzene rings is 3. The van der Waals surface area contributed by atoms with Crippen LogP contribution in [0.15, 0.2) is 84.9 Å². The zero-order chi connectivity index (χ0) is 22.7. The highest BCUT2D eigenvalue weighted by molar-refractivity contribution is 6.23. The van der Waals surface area contributed by atoms with Crippen molar-refractivity contribution in [1.82, 2.24) is 4.90 Å². The van der Waals surface area contributed by atoms with E-state index < -0.39 is 36.2 Å². The Morgan fingerprint density at radius 2 is 1.31 bits per heavy atom. The first-order valence-corrected chi connectivity index (χ1v) is 10.2. The number of hydrogen-bond donors (Lipinski definition) is 1. The number of rotatable bonds is 6. The van der Waals surface area contributed by atoms with Gasteiger partial charge in [0.1, 0.15) is 12.6 Å². The molecule has 1 N–H and O–H groups in total. The fraction of sp³-hybridized carbons (Fsp3) is 0.120. The summed E-state index contributed by atoms with van der Waals surface area (Å²) in [7, 11) is 0. The standard InChI is InChI=1S/C25H21N3O4/c1-17(23(30)26-18-10-4-2-5-11-18)28(19-12-6-3-7-13-19)22(29)16-27-24(31)20-14-8-9-15-21(20)25(27)32/h2-15,17H,16H2,1H3,(H,26,30). The number of amides is 4. The minimum atomic E-state index is -0.889. The first-order chi connectivity index (χ1) is 15.5. The second-order valence-corrected chi connectivity index (χ2v) is 7.37. The van der Waals surface area contributed by atoms with E-state index in [1.54, 1.807) is 85.8 Å². The van der Waals surface area contributed by atoms with Gasteiger partial charge in [0.05, 0.1) is 11.1 Å². The van der Waals surface area contributed by atoms with Crippen LogP contribution >= 0.6 is 0 Å². The molecule has 32 heavy (non-hydrogen) atoms. The third-order valence-electron chi connectivity index (χ3n) is 5.28. The van der Waals surface area contributed by atoms with E-state index in [0.717, 1.165) is 4.90 Å². The van der Waals surface area contributed by atoms with Gasteiger partial charge in [-0.15, -0.1) is 0 Å². The van der Waals surface area contributed by atoms with E-state index >= 15 is 0 Å². The smallest absolute Gasteiger partial charge is 0.262 e. The first kappa shape index (κ1) is 21.0. The van der Waals surface area contributed by atoms with Crippen LogP contribution in [0.4, 0.5) is 11.4 Å². The predicted octanol–water partition coefficient (Wildman–Crippen LogP) is 3.34. The van der Waals surface area contributed by atoms with Gasteiger partial charge in [-0.3, -0.25) is 29.0 Å². The molecule has 160 valence electrons. The Balaban J connectivity index is 1.58. The van der Waals surface area contributed by atoms with Crippen LogP contribution in [-0.2, 0) is 9.59 Å². The van der Waals surface area contributed by atoms with Crippen molar-refractivity contribution < 1.29 is 19.2 Å². The van der Waals surface area contributed by atoms with E-state index in [1.807, 2.05) is 6.07 Å². The Bertz CT molecular complexity index is 1140. The number of hydrogen-bond acceptors (Lipinski definition) is 4. The van der Waals surface area contributed by atoms with Crippen molar-refractivity contribution in [3.8, 4) is 0 Å². The molecular formula is C25H21N3O4. The number of anilines is 2. The average molecular weight is 427 g/mol. The number of para-hydroxylation sites is 2. The maximum atomic E-state index is 13.3. The Labute approximate surface area is 185 Å². The van der Waals surface area contributed by atoms with E-state index in [0.29, 0.717) is 11.4 Å². The minimum absolute atomic E-state index is 0.270. The molecule has 3 aromatic rings. The second-order valence-electron chi connectivity index (χ2n) is 7.37. The lowest BCUT2D eigenvalue weighted by Crippen LogP contribution is -2.50. The van der Waals surface area contributed by atoms with Crippen LogP contribution in [0, 0.1) is 0 Å². The summed E-state index contributed by atoms with van der Waals surface area (Å²) in [4.78, 5) is 53.9. The zero-order valence-electron chi connectivity index (χ0n) is 17.4. The quantitative estimate of drug-likeness (QED) is 0.612. The minimum Gasteiger partial charge on any atom is -0.324 e. The van der Waals surface area contributed by atoms with Gasteiger partial charge < -0.3 is 5.32 Å². The summed E-state index contributed by atoms with van der Waals surface area (Å²) in [6.07, 6.45) is 0. The normalized spacial score (nSPS) is 13.5. The SMILES string of the molecule is CC(C(=O)Nc1ccccc1)N(C(=O)CN1C(=O)c2ccccc2C1=O)c1ccccc1. The molecule has 1 aliphatic rings. The highest BCUT2D eigenvalue weighted by atomic mass is 16.2. The van der Waals surface area contributed by atoms with Crippen molar-refractivity contribution >= 4 is 35.0 Å². The van der Waals surface area contributed by atoms with Crippen LogP contribution in [-0.4, -0.2) is 41.1 Å². The summed E-state index contributed by atoms with van der Waals surface area (Å²) in [5, 5.41) is 2.79. The molecule has 1 aliphatic heterocycles. The van der Waals surface area contributed by atoms with Crippen molar-refractivity contribution in [3.63, 3.8) is 0 Å². The molecule has 0 radical (unpaired) electrons. The molecule has 0 fully saturated rings. The highest BCUT2D eigenvalue weighted by Crippen LogP contribution is 2.24. The van der Waals surface area contributed by atoms with Gasteiger partial charge in [-0.1, -0.05) is 48.5 Å². The number of imide groups is 1. The molecule has 0 bridgehead atoms. The molecule has 7 heteroatoms. The third kappa shape index (κ3) is 4.00. The lowest BCUT2D eigenvalue weighted by Gasteiger charge is -2.30. The maximum Gasteiger partial charge on any atom is 0.262 e. The number of nitrogens with zero attached hydrogens (tertiary/aromatic N) is 2.